The van der Waals surface area contributed by atoms with Crippen LogP contribution in [0.25, 0.3) is 0 Å². The number of nitrogens with zero attached hydrogens (tertiary/aromatic N) is 2. The van der Waals surface area contributed by atoms with Crippen LogP contribution in [0.2, 0.25) is 0 Å². The second-order valence-corrected chi connectivity index (χ2v) is 4.66. The van der Waals surface area contributed by atoms with Crippen molar-refractivity contribution in [3.63, 3.8) is 0 Å². The maximum atomic E-state index is 13.3. The molecule has 0 N–H and O–H groups in total. The third kappa shape index (κ3) is 2.08. The molecule has 0 aliphatic heterocycles. The van der Waals surface area contributed by atoms with Crippen molar-refractivity contribution in [3.05, 3.63) is 17.7 Å². The van der Waals surface area contributed by atoms with E-state index in [0.717, 1.165) is 0 Å². The summed E-state index contributed by atoms with van der Waals surface area (Å²) in [6.45, 7) is 9.92. The second kappa shape index (κ2) is 3.13. The Labute approximate surface area is 78.8 Å². The van der Waals surface area contributed by atoms with E-state index in [1.165, 1.54) is 0 Å². The summed E-state index contributed by atoms with van der Waals surface area (Å²) in [6, 6.07) is 0.214. The Morgan fingerprint density at radius 3 is 2.15 bits per heavy atom. The largest absolute Gasteiger partial charge is 0.267 e. The van der Waals surface area contributed by atoms with Crippen molar-refractivity contribution in [3.8, 4) is 0 Å². The van der Waals surface area contributed by atoms with Crippen LogP contribution in [0.1, 0.15) is 46.2 Å². The van der Waals surface area contributed by atoms with Gasteiger partial charge in [-0.1, -0.05) is 20.8 Å². The summed E-state index contributed by atoms with van der Waals surface area (Å²) in [5.41, 5.74) is 0.512. The lowest BCUT2D eigenvalue weighted by Gasteiger charge is -2.15. The van der Waals surface area contributed by atoms with Crippen LogP contribution in [0, 0.1) is 5.95 Å². The number of hydrogen-bond acceptors (Lipinski definition) is 1. The molecule has 0 saturated carbocycles. The Morgan fingerprint density at radius 1 is 1.38 bits per heavy atom. The van der Waals surface area contributed by atoms with Gasteiger partial charge in [0.05, 0.1) is 0 Å². The predicted octanol–water partition coefficient (Wildman–Crippen LogP) is 2.90. The topological polar surface area (TPSA) is 17.8 Å². The van der Waals surface area contributed by atoms with Gasteiger partial charge in [-0.3, -0.25) is 4.68 Å². The quantitative estimate of drug-likeness (QED) is 0.656. The average molecular weight is 184 g/mol. The zero-order valence-electron chi connectivity index (χ0n) is 8.93. The lowest BCUT2D eigenvalue weighted by atomic mass is 9.89. The Hall–Kier alpha value is -0.860. The van der Waals surface area contributed by atoms with Crippen LogP contribution in [-0.4, -0.2) is 9.78 Å². The summed E-state index contributed by atoms with van der Waals surface area (Å²) in [7, 11) is 0. The Kier molecular flexibility index (Phi) is 2.46. The standard InChI is InChI=1S/C10H17FN2/c1-7(2)13-6-8(9(11)12-13)10(3,4)5/h6-7H,1-5H3. The minimum absolute atomic E-state index is 0.169. The highest BCUT2D eigenvalue weighted by atomic mass is 19.1. The molecule has 0 aromatic carbocycles. The first kappa shape index (κ1) is 10.2. The fourth-order valence-electron chi connectivity index (χ4n) is 1.14. The van der Waals surface area contributed by atoms with Crippen LogP contribution in [0.5, 0.6) is 0 Å². The molecule has 3 heteroatoms. The maximum Gasteiger partial charge on any atom is 0.236 e. The average Bonchev–Trinajstić information content (AvgIpc) is 2.29. The van der Waals surface area contributed by atoms with Gasteiger partial charge in [0.15, 0.2) is 0 Å². The zero-order valence-corrected chi connectivity index (χ0v) is 8.93. The van der Waals surface area contributed by atoms with E-state index in [-0.39, 0.29) is 17.4 Å². The number of rotatable bonds is 1. The van der Waals surface area contributed by atoms with Gasteiger partial charge >= 0.3 is 0 Å². The highest BCUT2D eigenvalue weighted by molar-refractivity contribution is 5.17. The molecule has 0 bridgehead atoms. The van der Waals surface area contributed by atoms with Crippen molar-refractivity contribution in [1.29, 1.82) is 0 Å². The monoisotopic (exact) mass is 184 g/mol. The molecule has 0 saturated heterocycles. The van der Waals surface area contributed by atoms with E-state index in [2.05, 4.69) is 5.10 Å². The fraction of sp³-hybridized carbons (Fsp3) is 0.700. The molecule has 0 unspecified atom stereocenters. The van der Waals surface area contributed by atoms with Crippen molar-refractivity contribution in [2.45, 2.75) is 46.1 Å². The van der Waals surface area contributed by atoms with Gasteiger partial charge in [0.25, 0.3) is 0 Å². The van der Waals surface area contributed by atoms with Crippen molar-refractivity contribution in [2.24, 2.45) is 0 Å². The van der Waals surface area contributed by atoms with Crippen LogP contribution in [0.15, 0.2) is 6.20 Å². The fourth-order valence-corrected chi connectivity index (χ4v) is 1.14. The van der Waals surface area contributed by atoms with E-state index in [1.54, 1.807) is 10.9 Å². The van der Waals surface area contributed by atoms with E-state index in [4.69, 9.17) is 0 Å². The molecule has 0 aliphatic rings. The SMILES string of the molecule is CC(C)n1cc(C(C)(C)C)c(F)n1. The lowest BCUT2D eigenvalue weighted by molar-refractivity contribution is 0.471. The molecule has 0 radical (unpaired) electrons. The molecule has 0 amide bonds. The van der Waals surface area contributed by atoms with Gasteiger partial charge in [0.2, 0.25) is 5.95 Å². The van der Waals surface area contributed by atoms with E-state index < -0.39 is 0 Å². The summed E-state index contributed by atoms with van der Waals surface area (Å²) in [4.78, 5) is 0. The third-order valence-electron chi connectivity index (χ3n) is 2.02. The molecule has 1 heterocycles. The Morgan fingerprint density at radius 2 is 1.92 bits per heavy atom. The van der Waals surface area contributed by atoms with Crippen LogP contribution in [-0.2, 0) is 5.41 Å². The first-order valence-electron chi connectivity index (χ1n) is 4.57. The summed E-state index contributed by atoms with van der Waals surface area (Å²) < 4.78 is 15.0. The van der Waals surface area contributed by atoms with Gasteiger partial charge in [0.1, 0.15) is 0 Å². The van der Waals surface area contributed by atoms with Crippen molar-refractivity contribution < 1.29 is 4.39 Å². The highest BCUT2D eigenvalue weighted by Gasteiger charge is 2.22. The minimum Gasteiger partial charge on any atom is -0.267 e. The molecule has 13 heavy (non-hydrogen) atoms. The van der Waals surface area contributed by atoms with Crippen molar-refractivity contribution in [2.75, 3.05) is 0 Å². The first-order chi connectivity index (χ1) is 5.82. The molecular formula is C10H17FN2. The molecule has 0 aliphatic carbocycles. The smallest absolute Gasteiger partial charge is 0.236 e. The minimum atomic E-state index is -0.346. The van der Waals surface area contributed by atoms with Gasteiger partial charge in [-0.2, -0.15) is 4.39 Å². The third-order valence-corrected chi connectivity index (χ3v) is 2.02. The number of hydrogen-bond donors (Lipinski definition) is 0. The lowest BCUT2D eigenvalue weighted by Crippen LogP contribution is -2.11. The molecule has 2 nitrogen and oxygen atoms in total. The molecular weight excluding hydrogens is 167 g/mol. The van der Waals surface area contributed by atoms with Gasteiger partial charge < -0.3 is 0 Å². The van der Waals surface area contributed by atoms with Gasteiger partial charge in [-0.25, -0.2) is 0 Å². The van der Waals surface area contributed by atoms with Gasteiger partial charge in [0, 0.05) is 17.8 Å². The van der Waals surface area contributed by atoms with E-state index in [0.29, 0.717) is 5.56 Å². The maximum absolute atomic E-state index is 13.3. The summed E-state index contributed by atoms with van der Waals surface area (Å²) in [5.74, 6) is -0.346. The summed E-state index contributed by atoms with van der Waals surface area (Å²) in [6.07, 6.45) is 1.79. The number of halogens is 1. The number of aromatic nitrogens is 2. The highest BCUT2D eigenvalue weighted by Crippen LogP contribution is 2.24. The van der Waals surface area contributed by atoms with Crippen LogP contribution in [0.3, 0.4) is 0 Å². The first-order valence-corrected chi connectivity index (χ1v) is 4.57. The van der Waals surface area contributed by atoms with E-state index in [9.17, 15) is 4.39 Å². The zero-order chi connectivity index (χ0) is 10.2. The normalized spacial score (nSPS) is 12.5. The summed E-state index contributed by atoms with van der Waals surface area (Å²) >= 11 is 0. The second-order valence-electron chi connectivity index (χ2n) is 4.66. The van der Waals surface area contributed by atoms with E-state index in [1.807, 2.05) is 34.6 Å². The summed E-state index contributed by atoms with van der Waals surface area (Å²) in [5, 5.41) is 3.83. The molecule has 74 valence electrons. The van der Waals surface area contributed by atoms with Crippen LogP contribution in [0.4, 0.5) is 4.39 Å². The van der Waals surface area contributed by atoms with Crippen LogP contribution >= 0.6 is 0 Å². The molecule has 0 fully saturated rings. The predicted molar refractivity (Wildman–Crippen MR) is 51.3 cm³/mol. The molecule has 0 spiro atoms. The van der Waals surface area contributed by atoms with Crippen molar-refractivity contribution >= 4 is 0 Å². The molecule has 1 rings (SSSR count). The van der Waals surface area contributed by atoms with Crippen LogP contribution < -0.4 is 0 Å². The van der Waals surface area contributed by atoms with Gasteiger partial charge in [-0.15, -0.1) is 5.10 Å². The van der Waals surface area contributed by atoms with Gasteiger partial charge in [-0.05, 0) is 19.3 Å². The Balaban J connectivity index is 3.11. The molecule has 1 aromatic heterocycles. The molecule has 0 atom stereocenters. The Bertz CT molecular complexity index is 294. The van der Waals surface area contributed by atoms with E-state index >= 15 is 0 Å². The molecule has 1 aromatic rings. The van der Waals surface area contributed by atoms with Crippen molar-refractivity contribution in [1.82, 2.24) is 9.78 Å².